The van der Waals surface area contributed by atoms with Crippen LogP contribution in [0.25, 0.3) is 0 Å². The van der Waals surface area contributed by atoms with E-state index in [4.69, 9.17) is 9.47 Å². The second-order valence-corrected chi connectivity index (χ2v) is 4.50. The van der Waals surface area contributed by atoms with Gasteiger partial charge in [0.1, 0.15) is 0 Å². The first-order valence-electron chi connectivity index (χ1n) is 7.08. The minimum atomic E-state index is 0.611. The van der Waals surface area contributed by atoms with Gasteiger partial charge < -0.3 is 14.8 Å². The zero-order valence-electron chi connectivity index (χ0n) is 12.7. The molecule has 0 saturated carbocycles. The number of hydrogen-bond acceptors (Lipinski definition) is 6. The molecule has 1 heterocycles. The highest BCUT2D eigenvalue weighted by atomic mass is 16.5. The summed E-state index contributed by atoms with van der Waals surface area (Å²) in [4.78, 5) is 0. The Kier molecular flexibility index (Phi) is 5.36. The molecule has 2 aromatic rings. The molecule has 7 heteroatoms. The number of rotatable bonds is 8. The fourth-order valence-electron chi connectivity index (χ4n) is 1.97. The van der Waals surface area contributed by atoms with Gasteiger partial charge in [-0.3, -0.25) is 0 Å². The molecular formula is C14H21N5O2. The normalized spacial score (nSPS) is 10.4. The molecule has 0 saturated heterocycles. The van der Waals surface area contributed by atoms with E-state index < -0.39 is 0 Å². The number of ether oxygens (including phenoxy) is 2. The van der Waals surface area contributed by atoms with Crippen molar-refractivity contribution in [2.45, 2.75) is 33.4 Å². The van der Waals surface area contributed by atoms with Crippen LogP contribution in [-0.4, -0.2) is 33.9 Å². The standard InChI is InChI=1S/C14H21N5O2/c1-4-8-19-14(16-17-18-19)15-10-11-6-7-12(21-5-2)13(9-11)20-3/h6-7,9H,4-5,8,10H2,1-3H3,(H,15,16,18). The third-order valence-corrected chi connectivity index (χ3v) is 2.95. The number of aryl methyl sites for hydroxylation is 1. The first-order chi connectivity index (χ1) is 10.3. The third kappa shape index (κ3) is 3.84. The highest BCUT2D eigenvalue weighted by Gasteiger charge is 2.07. The number of anilines is 1. The van der Waals surface area contributed by atoms with Crippen molar-refractivity contribution < 1.29 is 9.47 Å². The molecule has 0 radical (unpaired) electrons. The van der Waals surface area contributed by atoms with Gasteiger partial charge in [0.2, 0.25) is 5.95 Å². The van der Waals surface area contributed by atoms with Crippen molar-refractivity contribution in [3.05, 3.63) is 23.8 Å². The van der Waals surface area contributed by atoms with Crippen LogP contribution < -0.4 is 14.8 Å². The Balaban J connectivity index is 2.04. The Bertz CT molecular complexity index is 570. The molecule has 0 aliphatic carbocycles. The molecule has 0 aliphatic heterocycles. The summed E-state index contributed by atoms with van der Waals surface area (Å²) >= 11 is 0. The van der Waals surface area contributed by atoms with Gasteiger partial charge in [0.25, 0.3) is 0 Å². The molecule has 1 aromatic heterocycles. The van der Waals surface area contributed by atoms with Crippen LogP contribution in [0.1, 0.15) is 25.8 Å². The van der Waals surface area contributed by atoms with E-state index in [0.717, 1.165) is 30.0 Å². The van der Waals surface area contributed by atoms with Gasteiger partial charge in [0, 0.05) is 13.1 Å². The van der Waals surface area contributed by atoms with Crippen molar-refractivity contribution in [1.82, 2.24) is 20.2 Å². The molecule has 0 aliphatic rings. The zero-order valence-corrected chi connectivity index (χ0v) is 12.7. The van der Waals surface area contributed by atoms with E-state index >= 15 is 0 Å². The summed E-state index contributed by atoms with van der Waals surface area (Å²) in [6.45, 7) is 6.06. The van der Waals surface area contributed by atoms with E-state index in [9.17, 15) is 0 Å². The lowest BCUT2D eigenvalue weighted by Gasteiger charge is -2.11. The van der Waals surface area contributed by atoms with Gasteiger partial charge in [-0.05, 0) is 41.5 Å². The predicted octanol–water partition coefficient (Wildman–Crippen LogP) is 2.10. The molecule has 1 N–H and O–H groups in total. The zero-order chi connectivity index (χ0) is 15.1. The number of nitrogens with one attached hydrogen (secondary N) is 1. The molecule has 21 heavy (non-hydrogen) atoms. The number of nitrogens with zero attached hydrogens (tertiary/aromatic N) is 4. The Morgan fingerprint density at radius 3 is 2.81 bits per heavy atom. The maximum Gasteiger partial charge on any atom is 0.243 e. The maximum absolute atomic E-state index is 5.50. The van der Waals surface area contributed by atoms with Gasteiger partial charge in [-0.2, -0.15) is 0 Å². The molecule has 114 valence electrons. The first-order valence-corrected chi connectivity index (χ1v) is 7.08. The summed E-state index contributed by atoms with van der Waals surface area (Å²) in [5.74, 6) is 2.15. The molecule has 0 unspecified atom stereocenters. The van der Waals surface area contributed by atoms with Crippen LogP contribution >= 0.6 is 0 Å². The van der Waals surface area contributed by atoms with Crippen molar-refractivity contribution in [2.75, 3.05) is 19.0 Å². The van der Waals surface area contributed by atoms with Crippen molar-refractivity contribution >= 4 is 5.95 Å². The Hall–Kier alpha value is -2.31. The van der Waals surface area contributed by atoms with Gasteiger partial charge in [-0.25, -0.2) is 4.68 Å². The van der Waals surface area contributed by atoms with Gasteiger partial charge in [0.15, 0.2) is 11.5 Å². The van der Waals surface area contributed by atoms with Crippen LogP contribution in [-0.2, 0) is 13.1 Å². The van der Waals surface area contributed by atoms with E-state index in [1.54, 1.807) is 11.8 Å². The second kappa shape index (κ2) is 7.47. The van der Waals surface area contributed by atoms with Crippen LogP contribution in [0.15, 0.2) is 18.2 Å². The summed E-state index contributed by atoms with van der Waals surface area (Å²) < 4.78 is 12.6. The topological polar surface area (TPSA) is 74.1 Å². The summed E-state index contributed by atoms with van der Waals surface area (Å²) in [5, 5.41) is 14.8. The van der Waals surface area contributed by atoms with E-state index in [0.29, 0.717) is 19.1 Å². The fraction of sp³-hybridized carbons (Fsp3) is 0.500. The predicted molar refractivity (Wildman–Crippen MR) is 79.6 cm³/mol. The van der Waals surface area contributed by atoms with E-state index in [2.05, 4.69) is 27.8 Å². The maximum atomic E-state index is 5.50. The Morgan fingerprint density at radius 1 is 1.24 bits per heavy atom. The molecule has 7 nitrogen and oxygen atoms in total. The summed E-state index contributed by atoms with van der Waals surface area (Å²) in [6.07, 6.45) is 0.983. The van der Waals surface area contributed by atoms with E-state index in [-0.39, 0.29) is 0 Å². The number of hydrogen-bond donors (Lipinski definition) is 1. The molecular weight excluding hydrogens is 270 g/mol. The molecule has 0 atom stereocenters. The molecule has 0 spiro atoms. The monoisotopic (exact) mass is 291 g/mol. The second-order valence-electron chi connectivity index (χ2n) is 4.50. The molecule has 0 bridgehead atoms. The Labute approximate surface area is 124 Å². The summed E-state index contributed by atoms with van der Waals surface area (Å²) in [7, 11) is 1.64. The molecule has 1 aromatic carbocycles. The van der Waals surface area contributed by atoms with Crippen LogP contribution in [0.3, 0.4) is 0 Å². The molecule has 2 rings (SSSR count). The minimum Gasteiger partial charge on any atom is -0.493 e. The van der Waals surface area contributed by atoms with Crippen LogP contribution in [0.2, 0.25) is 0 Å². The molecule has 0 amide bonds. The largest absolute Gasteiger partial charge is 0.493 e. The van der Waals surface area contributed by atoms with Gasteiger partial charge >= 0.3 is 0 Å². The number of methoxy groups -OCH3 is 1. The van der Waals surface area contributed by atoms with Crippen molar-refractivity contribution in [3.8, 4) is 11.5 Å². The highest BCUT2D eigenvalue weighted by molar-refractivity contribution is 5.43. The van der Waals surface area contributed by atoms with Crippen LogP contribution in [0.5, 0.6) is 11.5 Å². The number of tetrazole rings is 1. The minimum absolute atomic E-state index is 0.611. The van der Waals surface area contributed by atoms with Gasteiger partial charge in [-0.15, -0.1) is 0 Å². The van der Waals surface area contributed by atoms with Gasteiger partial charge in [0.05, 0.1) is 13.7 Å². The number of benzene rings is 1. The fourth-order valence-corrected chi connectivity index (χ4v) is 1.97. The SMILES string of the molecule is CCCn1nnnc1NCc1ccc(OCC)c(OC)c1. The summed E-state index contributed by atoms with van der Waals surface area (Å²) in [6, 6.07) is 5.86. The molecule has 0 fully saturated rings. The average molecular weight is 291 g/mol. The van der Waals surface area contributed by atoms with E-state index in [1.165, 1.54) is 0 Å². The first kappa shape index (κ1) is 15.1. The lowest BCUT2D eigenvalue weighted by molar-refractivity contribution is 0.310. The van der Waals surface area contributed by atoms with E-state index in [1.807, 2.05) is 25.1 Å². The quantitative estimate of drug-likeness (QED) is 0.803. The van der Waals surface area contributed by atoms with Crippen LogP contribution in [0, 0.1) is 0 Å². The highest BCUT2D eigenvalue weighted by Crippen LogP contribution is 2.28. The van der Waals surface area contributed by atoms with Crippen molar-refractivity contribution in [3.63, 3.8) is 0 Å². The Morgan fingerprint density at radius 2 is 2.10 bits per heavy atom. The number of aromatic nitrogens is 4. The average Bonchev–Trinajstić information content (AvgIpc) is 2.94. The third-order valence-electron chi connectivity index (χ3n) is 2.95. The van der Waals surface area contributed by atoms with Crippen LogP contribution in [0.4, 0.5) is 5.95 Å². The summed E-state index contributed by atoms with van der Waals surface area (Å²) in [5.41, 5.74) is 1.07. The lowest BCUT2D eigenvalue weighted by atomic mass is 10.2. The lowest BCUT2D eigenvalue weighted by Crippen LogP contribution is -2.09. The van der Waals surface area contributed by atoms with Crippen molar-refractivity contribution in [1.29, 1.82) is 0 Å². The van der Waals surface area contributed by atoms with Crippen molar-refractivity contribution in [2.24, 2.45) is 0 Å². The van der Waals surface area contributed by atoms with Gasteiger partial charge in [-0.1, -0.05) is 18.1 Å². The smallest absolute Gasteiger partial charge is 0.243 e.